The van der Waals surface area contributed by atoms with Crippen LogP contribution in [0.15, 0.2) is 5.51 Å². The molecule has 0 spiro atoms. The summed E-state index contributed by atoms with van der Waals surface area (Å²) in [6.07, 6.45) is -4.68. The maximum atomic E-state index is 12.4. The Morgan fingerprint density at radius 1 is 1.44 bits per heavy atom. The predicted molar refractivity (Wildman–Crippen MR) is 56.3 cm³/mol. The maximum Gasteiger partial charge on any atom is 0.434 e. The molecule has 100 valence electrons. The molecule has 0 radical (unpaired) electrons. The van der Waals surface area contributed by atoms with E-state index < -0.39 is 28.6 Å². The van der Waals surface area contributed by atoms with Crippen molar-refractivity contribution in [3.63, 3.8) is 0 Å². The van der Waals surface area contributed by atoms with Gasteiger partial charge in [-0.25, -0.2) is 4.98 Å². The zero-order chi connectivity index (χ0) is 13.8. The van der Waals surface area contributed by atoms with Crippen LogP contribution in [0.5, 0.6) is 0 Å². The van der Waals surface area contributed by atoms with Crippen LogP contribution in [0.2, 0.25) is 0 Å². The highest BCUT2D eigenvalue weighted by Crippen LogP contribution is 2.32. The van der Waals surface area contributed by atoms with Crippen molar-refractivity contribution in [2.45, 2.75) is 19.0 Å². The molecule has 0 aromatic carbocycles. The molecule has 0 saturated heterocycles. The van der Waals surface area contributed by atoms with Gasteiger partial charge in [-0.2, -0.15) is 13.2 Å². The van der Waals surface area contributed by atoms with E-state index in [1.54, 1.807) is 0 Å². The first-order valence-corrected chi connectivity index (χ1v) is 5.71. The number of aromatic nitrogens is 1. The molecule has 2 N–H and O–H groups in total. The molecule has 9 heteroatoms. The number of amides is 1. The second-order valence-electron chi connectivity index (χ2n) is 3.28. The number of aliphatic carboxylic acids is 1. The summed E-state index contributed by atoms with van der Waals surface area (Å²) in [7, 11) is 0. The normalized spacial score (nSPS) is 11.3. The Hall–Kier alpha value is -1.64. The molecule has 1 aromatic heterocycles. The lowest BCUT2D eigenvalue weighted by molar-refractivity contribution is -0.141. The van der Waals surface area contributed by atoms with Gasteiger partial charge in [0.25, 0.3) is 5.91 Å². The largest absolute Gasteiger partial charge is 0.481 e. The molecule has 18 heavy (non-hydrogen) atoms. The third-order valence-electron chi connectivity index (χ3n) is 1.90. The summed E-state index contributed by atoms with van der Waals surface area (Å²) in [6, 6.07) is 0. The van der Waals surface area contributed by atoms with Gasteiger partial charge in [0.15, 0.2) is 5.69 Å². The van der Waals surface area contributed by atoms with E-state index in [-0.39, 0.29) is 19.4 Å². The number of carbonyl (C=O) groups is 2. The Morgan fingerprint density at radius 2 is 2.11 bits per heavy atom. The Kier molecular flexibility index (Phi) is 4.65. The second kappa shape index (κ2) is 5.80. The fourth-order valence-electron chi connectivity index (χ4n) is 1.13. The lowest BCUT2D eigenvalue weighted by Gasteiger charge is -2.06. The van der Waals surface area contributed by atoms with Gasteiger partial charge >= 0.3 is 12.1 Å². The van der Waals surface area contributed by atoms with Crippen LogP contribution in [0.3, 0.4) is 0 Å². The molecule has 0 fully saturated rings. The van der Waals surface area contributed by atoms with E-state index in [0.717, 1.165) is 5.51 Å². The van der Waals surface area contributed by atoms with Crippen molar-refractivity contribution in [3.8, 4) is 0 Å². The maximum absolute atomic E-state index is 12.4. The number of carboxylic acids is 1. The van der Waals surface area contributed by atoms with Crippen molar-refractivity contribution < 1.29 is 27.9 Å². The zero-order valence-corrected chi connectivity index (χ0v) is 9.77. The molecule has 1 rings (SSSR count). The van der Waals surface area contributed by atoms with Gasteiger partial charge in [-0.05, 0) is 6.42 Å². The van der Waals surface area contributed by atoms with Crippen LogP contribution >= 0.6 is 11.3 Å². The lowest BCUT2D eigenvalue weighted by Crippen LogP contribution is -2.26. The number of thiazole rings is 1. The molecule has 1 aromatic rings. The SMILES string of the molecule is O=C(O)CCCNC(=O)c1scnc1C(F)(F)F. The van der Waals surface area contributed by atoms with Gasteiger partial charge in [-0.15, -0.1) is 11.3 Å². The van der Waals surface area contributed by atoms with E-state index in [0.29, 0.717) is 11.3 Å². The van der Waals surface area contributed by atoms with E-state index in [1.807, 2.05) is 0 Å². The predicted octanol–water partition coefficient (Wildman–Crippen LogP) is 1.76. The Bertz CT molecular complexity index is 445. The fourth-order valence-corrected chi connectivity index (χ4v) is 1.85. The van der Waals surface area contributed by atoms with Gasteiger partial charge in [0.05, 0.1) is 5.51 Å². The number of hydrogen-bond acceptors (Lipinski definition) is 4. The molecule has 0 aliphatic heterocycles. The molecule has 0 aliphatic carbocycles. The van der Waals surface area contributed by atoms with Crippen molar-refractivity contribution in [2.24, 2.45) is 0 Å². The van der Waals surface area contributed by atoms with Gasteiger partial charge in [0.2, 0.25) is 0 Å². The highest BCUT2D eigenvalue weighted by atomic mass is 32.1. The Morgan fingerprint density at radius 3 is 2.67 bits per heavy atom. The first-order valence-electron chi connectivity index (χ1n) is 4.83. The van der Waals surface area contributed by atoms with Crippen LogP contribution < -0.4 is 5.32 Å². The minimum atomic E-state index is -4.67. The van der Waals surface area contributed by atoms with Crippen molar-refractivity contribution in [2.75, 3.05) is 6.54 Å². The molecule has 0 unspecified atom stereocenters. The number of hydrogen-bond donors (Lipinski definition) is 2. The van der Waals surface area contributed by atoms with Crippen LogP contribution in [0.4, 0.5) is 13.2 Å². The monoisotopic (exact) mass is 282 g/mol. The van der Waals surface area contributed by atoms with Crippen LogP contribution in [0, 0.1) is 0 Å². The fraction of sp³-hybridized carbons (Fsp3) is 0.444. The van der Waals surface area contributed by atoms with Gasteiger partial charge in [0, 0.05) is 13.0 Å². The second-order valence-corrected chi connectivity index (χ2v) is 4.14. The summed E-state index contributed by atoms with van der Waals surface area (Å²) >= 11 is 0.589. The third-order valence-corrected chi connectivity index (χ3v) is 2.72. The van der Waals surface area contributed by atoms with Gasteiger partial charge in [-0.1, -0.05) is 0 Å². The van der Waals surface area contributed by atoms with Crippen molar-refractivity contribution >= 4 is 23.2 Å². The molecule has 0 saturated carbocycles. The summed E-state index contributed by atoms with van der Waals surface area (Å²) < 4.78 is 37.3. The topological polar surface area (TPSA) is 79.3 Å². The highest BCUT2D eigenvalue weighted by Gasteiger charge is 2.38. The quantitative estimate of drug-likeness (QED) is 0.806. The number of halogens is 3. The highest BCUT2D eigenvalue weighted by molar-refractivity contribution is 7.11. The summed E-state index contributed by atoms with van der Waals surface area (Å²) in [5.41, 5.74) is -0.280. The molecule has 0 atom stereocenters. The van der Waals surface area contributed by atoms with Crippen molar-refractivity contribution in [3.05, 3.63) is 16.1 Å². The average molecular weight is 282 g/mol. The smallest absolute Gasteiger partial charge is 0.434 e. The van der Waals surface area contributed by atoms with Gasteiger partial charge < -0.3 is 10.4 Å². The number of nitrogens with zero attached hydrogens (tertiary/aromatic N) is 1. The number of carbonyl (C=O) groups excluding carboxylic acids is 1. The van der Waals surface area contributed by atoms with Crippen LogP contribution in [-0.4, -0.2) is 28.5 Å². The van der Waals surface area contributed by atoms with Crippen LogP contribution in [-0.2, 0) is 11.0 Å². The lowest BCUT2D eigenvalue weighted by atomic mass is 10.3. The average Bonchev–Trinajstić information content (AvgIpc) is 2.72. The minimum Gasteiger partial charge on any atom is -0.481 e. The first-order chi connectivity index (χ1) is 8.32. The number of carboxylic acid groups (broad SMARTS) is 1. The van der Waals surface area contributed by atoms with Crippen LogP contribution in [0.1, 0.15) is 28.2 Å². The number of rotatable bonds is 5. The summed E-state index contributed by atoms with van der Waals surface area (Å²) in [5.74, 6) is -1.92. The van der Waals surface area contributed by atoms with Crippen molar-refractivity contribution in [1.29, 1.82) is 0 Å². The number of alkyl halides is 3. The van der Waals surface area contributed by atoms with E-state index in [9.17, 15) is 22.8 Å². The molecule has 0 bridgehead atoms. The molecule has 1 amide bonds. The summed E-state index contributed by atoms with van der Waals surface area (Å²) in [4.78, 5) is 24.2. The van der Waals surface area contributed by atoms with E-state index in [1.165, 1.54) is 0 Å². The standard InChI is InChI=1S/C9H9F3N2O3S/c10-9(11,12)7-6(18-4-14-7)8(17)13-3-1-2-5(15)16/h4H,1-3H2,(H,13,17)(H,15,16). The number of nitrogens with one attached hydrogen (secondary N) is 1. The van der Waals surface area contributed by atoms with Crippen molar-refractivity contribution in [1.82, 2.24) is 10.3 Å². The van der Waals surface area contributed by atoms with E-state index >= 15 is 0 Å². The van der Waals surface area contributed by atoms with Gasteiger partial charge in [0.1, 0.15) is 4.88 Å². The minimum absolute atomic E-state index is 0.000328. The Balaban J connectivity index is 2.57. The summed E-state index contributed by atoms with van der Waals surface area (Å²) in [5, 5.41) is 10.6. The zero-order valence-electron chi connectivity index (χ0n) is 8.95. The third kappa shape index (κ3) is 3.99. The van der Waals surface area contributed by atoms with Gasteiger partial charge in [-0.3, -0.25) is 9.59 Å². The molecule has 0 aliphatic rings. The molecular formula is C9H9F3N2O3S. The molecule has 5 nitrogen and oxygen atoms in total. The Labute approximate surface area is 104 Å². The summed E-state index contributed by atoms with van der Waals surface area (Å²) in [6.45, 7) is 0.000328. The first kappa shape index (κ1) is 14.4. The molecular weight excluding hydrogens is 273 g/mol. The van der Waals surface area contributed by atoms with E-state index in [2.05, 4.69) is 10.3 Å². The van der Waals surface area contributed by atoms with E-state index in [4.69, 9.17) is 5.11 Å². The molecule has 1 heterocycles. The van der Waals surface area contributed by atoms with Crippen LogP contribution in [0.25, 0.3) is 0 Å².